The maximum Gasteiger partial charge on any atom is 0.221 e. The molecule has 0 aliphatic heterocycles. The maximum absolute atomic E-state index is 5.56. The van der Waals surface area contributed by atoms with Crippen molar-refractivity contribution in [3.63, 3.8) is 0 Å². The van der Waals surface area contributed by atoms with E-state index < -0.39 is 0 Å². The van der Waals surface area contributed by atoms with Crippen molar-refractivity contribution < 1.29 is 14.2 Å². The van der Waals surface area contributed by atoms with E-state index in [1.165, 1.54) is 6.33 Å². The number of hydrogen-bond donors (Lipinski definition) is 1. The second kappa shape index (κ2) is 9.76. The van der Waals surface area contributed by atoms with Gasteiger partial charge in [0.05, 0.1) is 19.8 Å². The molecule has 102 valence electrons. The van der Waals surface area contributed by atoms with Crippen molar-refractivity contribution in [3.8, 4) is 5.88 Å². The molecule has 0 unspecified atom stereocenters. The van der Waals surface area contributed by atoms with E-state index in [0.29, 0.717) is 38.9 Å². The Balaban J connectivity index is 2.27. The minimum absolute atomic E-state index is 0.472. The largest absolute Gasteiger partial charge is 0.475 e. The summed E-state index contributed by atoms with van der Waals surface area (Å²) in [7, 11) is 1.65. The summed E-state index contributed by atoms with van der Waals surface area (Å²) in [5, 5.41) is 3.22. The van der Waals surface area contributed by atoms with Gasteiger partial charge >= 0.3 is 0 Å². The molecule has 0 spiro atoms. The fourth-order valence-corrected chi connectivity index (χ4v) is 1.30. The first-order valence-corrected chi connectivity index (χ1v) is 6.07. The van der Waals surface area contributed by atoms with Crippen molar-refractivity contribution in [2.75, 3.05) is 40.1 Å². The molecule has 0 aliphatic carbocycles. The summed E-state index contributed by atoms with van der Waals surface area (Å²) in [6.07, 6.45) is 3.24. The van der Waals surface area contributed by atoms with Gasteiger partial charge in [-0.25, -0.2) is 9.97 Å². The van der Waals surface area contributed by atoms with Crippen molar-refractivity contribution in [1.82, 2.24) is 15.3 Å². The van der Waals surface area contributed by atoms with Crippen LogP contribution in [-0.4, -0.2) is 50.1 Å². The third kappa shape index (κ3) is 5.90. The highest BCUT2D eigenvalue weighted by Crippen LogP contribution is 2.12. The van der Waals surface area contributed by atoms with E-state index in [9.17, 15) is 0 Å². The lowest BCUT2D eigenvalue weighted by Gasteiger charge is -2.10. The number of nitrogens with one attached hydrogen (secondary N) is 1. The SMILES string of the molecule is CCNCc1cncnc1OCCOCCOC. The summed E-state index contributed by atoms with van der Waals surface area (Å²) in [5.41, 5.74) is 0.955. The van der Waals surface area contributed by atoms with Crippen LogP contribution in [0.4, 0.5) is 0 Å². The van der Waals surface area contributed by atoms with Crippen LogP contribution in [0, 0.1) is 0 Å². The molecule has 1 rings (SSSR count). The molecule has 0 atom stereocenters. The molecule has 0 radical (unpaired) electrons. The lowest BCUT2D eigenvalue weighted by molar-refractivity contribution is 0.0534. The average molecular weight is 255 g/mol. The van der Waals surface area contributed by atoms with Crippen LogP contribution in [-0.2, 0) is 16.0 Å². The first-order valence-electron chi connectivity index (χ1n) is 6.07. The van der Waals surface area contributed by atoms with Crippen LogP contribution in [0.1, 0.15) is 12.5 Å². The third-order valence-electron chi connectivity index (χ3n) is 2.21. The van der Waals surface area contributed by atoms with Crippen LogP contribution >= 0.6 is 0 Å². The monoisotopic (exact) mass is 255 g/mol. The molecule has 6 heteroatoms. The van der Waals surface area contributed by atoms with Crippen LogP contribution in [0.25, 0.3) is 0 Å². The Hall–Kier alpha value is -1.24. The van der Waals surface area contributed by atoms with Crippen molar-refractivity contribution in [2.45, 2.75) is 13.5 Å². The minimum atomic E-state index is 0.472. The molecule has 1 aromatic heterocycles. The predicted octanol–water partition coefficient (Wildman–Crippen LogP) is 0.628. The highest BCUT2D eigenvalue weighted by Gasteiger charge is 2.04. The summed E-state index contributed by atoms with van der Waals surface area (Å²) in [6.45, 7) is 5.82. The van der Waals surface area contributed by atoms with E-state index in [0.717, 1.165) is 12.1 Å². The van der Waals surface area contributed by atoms with E-state index in [1.54, 1.807) is 13.3 Å². The van der Waals surface area contributed by atoms with Crippen LogP contribution in [0.15, 0.2) is 12.5 Å². The fraction of sp³-hybridized carbons (Fsp3) is 0.667. The highest BCUT2D eigenvalue weighted by molar-refractivity contribution is 5.21. The zero-order valence-corrected chi connectivity index (χ0v) is 11.0. The van der Waals surface area contributed by atoms with Gasteiger partial charge in [-0.3, -0.25) is 0 Å². The Morgan fingerprint density at radius 2 is 2.06 bits per heavy atom. The standard InChI is InChI=1S/C12H21N3O3/c1-3-13-8-11-9-14-10-15-12(11)18-7-6-17-5-4-16-2/h9-10,13H,3-8H2,1-2H3. The van der Waals surface area contributed by atoms with Gasteiger partial charge in [0.1, 0.15) is 12.9 Å². The molecule has 0 aromatic carbocycles. The zero-order valence-electron chi connectivity index (χ0n) is 11.0. The van der Waals surface area contributed by atoms with E-state index in [2.05, 4.69) is 15.3 Å². The number of ether oxygens (including phenoxy) is 3. The molecule has 0 amide bonds. The number of hydrogen-bond acceptors (Lipinski definition) is 6. The highest BCUT2D eigenvalue weighted by atomic mass is 16.5. The van der Waals surface area contributed by atoms with E-state index in [1.807, 2.05) is 6.92 Å². The molecule has 1 heterocycles. The van der Waals surface area contributed by atoms with E-state index in [4.69, 9.17) is 14.2 Å². The Morgan fingerprint density at radius 3 is 2.83 bits per heavy atom. The number of rotatable bonds is 10. The molecular weight excluding hydrogens is 234 g/mol. The number of aromatic nitrogens is 2. The average Bonchev–Trinajstić information content (AvgIpc) is 2.41. The summed E-state index contributed by atoms with van der Waals surface area (Å²) >= 11 is 0. The van der Waals surface area contributed by atoms with Crippen molar-refractivity contribution in [3.05, 3.63) is 18.1 Å². The first kappa shape index (κ1) is 14.8. The van der Waals surface area contributed by atoms with Gasteiger partial charge in [0.15, 0.2) is 0 Å². The molecule has 1 aromatic rings. The molecular formula is C12H21N3O3. The van der Waals surface area contributed by atoms with E-state index >= 15 is 0 Å². The number of nitrogens with zero attached hydrogens (tertiary/aromatic N) is 2. The van der Waals surface area contributed by atoms with Gasteiger partial charge in [0.25, 0.3) is 0 Å². The molecule has 0 saturated carbocycles. The Labute approximate surface area is 108 Å². The minimum Gasteiger partial charge on any atom is -0.475 e. The van der Waals surface area contributed by atoms with Crippen molar-refractivity contribution >= 4 is 0 Å². The Morgan fingerprint density at radius 1 is 1.22 bits per heavy atom. The number of methoxy groups -OCH3 is 1. The summed E-state index contributed by atoms with van der Waals surface area (Å²) in [4.78, 5) is 8.10. The zero-order chi connectivity index (χ0) is 13.1. The smallest absolute Gasteiger partial charge is 0.221 e. The normalized spacial score (nSPS) is 10.6. The van der Waals surface area contributed by atoms with Crippen LogP contribution < -0.4 is 10.1 Å². The third-order valence-corrected chi connectivity index (χ3v) is 2.21. The van der Waals surface area contributed by atoms with Gasteiger partial charge in [-0.2, -0.15) is 0 Å². The lowest BCUT2D eigenvalue weighted by Crippen LogP contribution is -2.15. The summed E-state index contributed by atoms with van der Waals surface area (Å²) in [6, 6.07) is 0. The molecule has 0 bridgehead atoms. The second-order valence-corrected chi connectivity index (χ2v) is 3.59. The summed E-state index contributed by atoms with van der Waals surface area (Å²) in [5.74, 6) is 0.612. The van der Waals surface area contributed by atoms with E-state index in [-0.39, 0.29) is 0 Å². The fourth-order valence-electron chi connectivity index (χ4n) is 1.30. The molecule has 6 nitrogen and oxygen atoms in total. The molecule has 0 saturated heterocycles. The van der Waals surface area contributed by atoms with Crippen molar-refractivity contribution in [1.29, 1.82) is 0 Å². The topological polar surface area (TPSA) is 65.5 Å². The molecule has 18 heavy (non-hydrogen) atoms. The predicted molar refractivity (Wildman–Crippen MR) is 67.6 cm³/mol. The van der Waals surface area contributed by atoms with Crippen LogP contribution in [0.3, 0.4) is 0 Å². The molecule has 0 aliphatic rings. The maximum atomic E-state index is 5.56. The lowest BCUT2D eigenvalue weighted by atomic mass is 10.3. The van der Waals surface area contributed by atoms with Gasteiger partial charge in [-0.05, 0) is 6.54 Å². The first-order chi connectivity index (χ1) is 8.88. The Bertz CT molecular complexity index is 323. The van der Waals surface area contributed by atoms with Crippen molar-refractivity contribution in [2.24, 2.45) is 0 Å². The van der Waals surface area contributed by atoms with Gasteiger partial charge in [-0.1, -0.05) is 6.92 Å². The van der Waals surface area contributed by atoms with Gasteiger partial charge in [0, 0.05) is 25.4 Å². The van der Waals surface area contributed by atoms with Crippen LogP contribution in [0.2, 0.25) is 0 Å². The van der Waals surface area contributed by atoms with Crippen LogP contribution in [0.5, 0.6) is 5.88 Å². The quantitative estimate of drug-likeness (QED) is 0.619. The van der Waals surface area contributed by atoms with Gasteiger partial charge in [0.2, 0.25) is 5.88 Å². The second-order valence-electron chi connectivity index (χ2n) is 3.59. The Kier molecular flexibility index (Phi) is 8.03. The van der Waals surface area contributed by atoms with Gasteiger partial charge in [-0.15, -0.1) is 0 Å². The molecule has 1 N–H and O–H groups in total. The van der Waals surface area contributed by atoms with Gasteiger partial charge < -0.3 is 19.5 Å². The molecule has 0 fully saturated rings. The summed E-state index contributed by atoms with van der Waals surface area (Å²) < 4.78 is 15.7.